The Bertz CT molecular complexity index is 453. The minimum Gasteiger partial charge on any atom is -0.379 e. The molecule has 1 aliphatic carbocycles. The lowest BCUT2D eigenvalue weighted by Crippen LogP contribution is -2.30. The van der Waals surface area contributed by atoms with E-state index in [2.05, 4.69) is 27.9 Å². The third-order valence-electron chi connectivity index (χ3n) is 3.26. The van der Waals surface area contributed by atoms with Gasteiger partial charge in [-0.15, -0.1) is 0 Å². The molecule has 6 heteroatoms. The topological polar surface area (TPSA) is 64.4 Å². The van der Waals surface area contributed by atoms with E-state index in [1.807, 2.05) is 0 Å². The van der Waals surface area contributed by atoms with Gasteiger partial charge in [-0.1, -0.05) is 0 Å². The van der Waals surface area contributed by atoms with Crippen LogP contribution in [0.3, 0.4) is 0 Å². The van der Waals surface area contributed by atoms with Crippen molar-refractivity contribution >= 4 is 34.0 Å². The van der Waals surface area contributed by atoms with Crippen LogP contribution >= 0.6 is 22.6 Å². The first-order chi connectivity index (χ1) is 8.61. The van der Waals surface area contributed by atoms with Crippen molar-refractivity contribution < 1.29 is 9.66 Å². The molecule has 0 aromatic heterocycles. The van der Waals surface area contributed by atoms with Crippen LogP contribution in [0, 0.1) is 13.7 Å². The van der Waals surface area contributed by atoms with Gasteiger partial charge in [-0.05, 0) is 47.9 Å². The van der Waals surface area contributed by atoms with Crippen LogP contribution in [0.25, 0.3) is 0 Å². The molecule has 1 saturated carbocycles. The summed E-state index contributed by atoms with van der Waals surface area (Å²) in [4.78, 5) is 10.3. The Labute approximate surface area is 119 Å². The van der Waals surface area contributed by atoms with Gasteiger partial charge >= 0.3 is 0 Å². The van der Waals surface area contributed by atoms with Crippen LogP contribution in [0.15, 0.2) is 18.2 Å². The largest absolute Gasteiger partial charge is 0.379 e. The summed E-state index contributed by atoms with van der Waals surface area (Å²) in [6.07, 6.45) is 3.53. The van der Waals surface area contributed by atoms with E-state index in [1.54, 1.807) is 19.2 Å². The van der Waals surface area contributed by atoms with Gasteiger partial charge < -0.3 is 10.1 Å². The zero-order valence-corrected chi connectivity index (χ0v) is 12.2. The number of nitro groups is 1. The third-order valence-corrected chi connectivity index (χ3v) is 4.15. The van der Waals surface area contributed by atoms with E-state index >= 15 is 0 Å². The average Bonchev–Trinajstić information content (AvgIpc) is 2.78. The van der Waals surface area contributed by atoms with Crippen LogP contribution in [0.2, 0.25) is 0 Å². The standard InChI is InChI=1S/C12H15IN2O3/c1-18-12-4-2-3-11(12)14-10-6-5-8(15(16)17)7-9(10)13/h5-7,11-12,14H,2-4H2,1H3. The van der Waals surface area contributed by atoms with E-state index in [1.165, 1.54) is 6.07 Å². The van der Waals surface area contributed by atoms with E-state index < -0.39 is 0 Å². The number of hydrogen-bond acceptors (Lipinski definition) is 4. The Balaban J connectivity index is 2.12. The molecule has 2 atom stereocenters. The van der Waals surface area contributed by atoms with Crippen LogP contribution in [0.5, 0.6) is 0 Å². The molecule has 5 nitrogen and oxygen atoms in total. The molecule has 1 aliphatic rings. The summed E-state index contributed by atoms with van der Waals surface area (Å²) in [5.41, 5.74) is 1.06. The Morgan fingerprint density at radius 1 is 1.50 bits per heavy atom. The quantitative estimate of drug-likeness (QED) is 0.508. The number of rotatable bonds is 4. The number of nitro benzene ring substituents is 1. The number of ether oxygens (including phenoxy) is 1. The summed E-state index contributed by atoms with van der Waals surface area (Å²) in [6, 6.07) is 5.18. The second kappa shape index (κ2) is 5.83. The van der Waals surface area contributed by atoms with Crippen LogP contribution in [0.4, 0.5) is 11.4 Å². The van der Waals surface area contributed by atoms with Gasteiger partial charge in [0.05, 0.1) is 17.1 Å². The summed E-state index contributed by atoms with van der Waals surface area (Å²) in [5.74, 6) is 0. The summed E-state index contributed by atoms with van der Waals surface area (Å²) < 4.78 is 6.29. The minimum atomic E-state index is -0.376. The van der Waals surface area contributed by atoms with Gasteiger partial charge in [0.1, 0.15) is 0 Å². The van der Waals surface area contributed by atoms with E-state index in [9.17, 15) is 10.1 Å². The summed E-state index contributed by atoms with van der Waals surface area (Å²) in [5, 5.41) is 14.1. The average molecular weight is 362 g/mol. The molecule has 0 amide bonds. The van der Waals surface area contributed by atoms with E-state index in [-0.39, 0.29) is 16.7 Å². The van der Waals surface area contributed by atoms with Crippen molar-refractivity contribution in [3.05, 3.63) is 31.9 Å². The van der Waals surface area contributed by atoms with Crippen molar-refractivity contribution in [3.8, 4) is 0 Å². The highest BCUT2D eigenvalue weighted by molar-refractivity contribution is 14.1. The Kier molecular flexibility index (Phi) is 4.39. The zero-order valence-electron chi connectivity index (χ0n) is 10.1. The normalized spacial score (nSPS) is 23.0. The number of halogens is 1. The number of nitrogens with zero attached hydrogens (tertiary/aromatic N) is 1. The van der Waals surface area contributed by atoms with Gasteiger partial charge in [-0.25, -0.2) is 0 Å². The molecular formula is C12H15IN2O3. The van der Waals surface area contributed by atoms with Crippen LogP contribution in [-0.4, -0.2) is 24.2 Å². The predicted octanol–water partition coefficient (Wildman–Crippen LogP) is 3.18. The number of non-ortho nitro benzene ring substituents is 1. The SMILES string of the molecule is COC1CCCC1Nc1ccc([N+](=O)[O-])cc1I. The van der Waals surface area contributed by atoms with Gasteiger partial charge in [0, 0.05) is 28.5 Å². The molecule has 1 N–H and O–H groups in total. The fourth-order valence-corrected chi connectivity index (χ4v) is 2.96. The molecule has 0 bridgehead atoms. The highest BCUT2D eigenvalue weighted by Crippen LogP contribution is 2.29. The van der Waals surface area contributed by atoms with Crippen molar-refractivity contribution in [2.24, 2.45) is 0 Å². The first-order valence-corrected chi connectivity index (χ1v) is 6.93. The van der Waals surface area contributed by atoms with Crippen molar-refractivity contribution in [1.82, 2.24) is 0 Å². The lowest BCUT2D eigenvalue weighted by molar-refractivity contribution is -0.384. The number of methoxy groups -OCH3 is 1. The van der Waals surface area contributed by atoms with Crippen LogP contribution in [0.1, 0.15) is 19.3 Å². The van der Waals surface area contributed by atoms with Gasteiger partial charge in [0.15, 0.2) is 0 Å². The summed E-state index contributed by atoms with van der Waals surface area (Å²) >= 11 is 2.12. The first-order valence-electron chi connectivity index (χ1n) is 5.85. The number of benzene rings is 1. The molecule has 1 aromatic carbocycles. The van der Waals surface area contributed by atoms with Crippen molar-refractivity contribution in [2.45, 2.75) is 31.4 Å². The van der Waals surface area contributed by atoms with Gasteiger partial charge in [-0.3, -0.25) is 10.1 Å². The molecule has 0 radical (unpaired) electrons. The molecule has 2 unspecified atom stereocenters. The summed E-state index contributed by atoms with van der Waals surface area (Å²) in [6.45, 7) is 0. The van der Waals surface area contributed by atoms with Crippen LogP contribution in [-0.2, 0) is 4.74 Å². The first kappa shape index (κ1) is 13.5. The van der Waals surface area contributed by atoms with Crippen molar-refractivity contribution in [1.29, 1.82) is 0 Å². The highest BCUT2D eigenvalue weighted by atomic mass is 127. The maximum atomic E-state index is 10.7. The fourth-order valence-electron chi connectivity index (χ4n) is 2.31. The lowest BCUT2D eigenvalue weighted by Gasteiger charge is -2.21. The molecule has 0 spiro atoms. The Hall–Kier alpha value is -0.890. The molecule has 98 valence electrons. The highest BCUT2D eigenvalue weighted by Gasteiger charge is 2.27. The molecule has 1 fully saturated rings. The molecule has 1 aromatic rings. The van der Waals surface area contributed by atoms with Gasteiger partial charge in [-0.2, -0.15) is 0 Å². The molecule has 18 heavy (non-hydrogen) atoms. The van der Waals surface area contributed by atoms with Gasteiger partial charge in [0.25, 0.3) is 5.69 Å². The Morgan fingerprint density at radius 3 is 2.89 bits per heavy atom. The predicted molar refractivity (Wildman–Crippen MR) is 77.9 cm³/mol. The fraction of sp³-hybridized carbons (Fsp3) is 0.500. The Morgan fingerprint density at radius 2 is 2.28 bits per heavy atom. The second-order valence-electron chi connectivity index (χ2n) is 4.38. The number of hydrogen-bond donors (Lipinski definition) is 1. The zero-order chi connectivity index (χ0) is 13.1. The molecule has 0 heterocycles. The molecule has 0 saturated heterocycles. The smallest absolute Gasteiger partial charge is 0.270 e. The summed E-state index contributed by atoms with van der Waals surface area (Å²) in [7, 11) is 1.73. The van der Waals surface area contributed by atoms with E-state index in [4.69, 9.17) is 4.74 Å². The second-order valence-corrected chi connectivity index (χ2v) is 5.54. The van der Waals surface area contributed by atoms with Gasteiger partial charge in [0.2, 0.25) is 0 Å². The van der Waals surface area contributed by atoms with E-state index in [0.29, 0.717) is 6.04 Å². The lowest BCUT2D eigenvalue weighted by atomic mass is 10.2. The van der Waals surface area contributed by atoms with Crippen molar-refractivity contribution in [3.63, 3.8) is 0 Å². The number of anilines is 1. The molecule has 2 rings (SSSR count). The van der Waals surface area contributed by atoms with Crippen LogP contribution < -0.4 is 5.32 Å². The maximum absolute atomic E-state index is 10.7. The van der Waals surface area contributed by atoms with E-state index in [0.717, 1.165) is 28.5 Å². The third kappa shape index (κ3) is 2.92. The monoisotopic (exact) mass is 362 g/mol. The van der Waals surface area contributed by atoms with Crippen molar-refractivity contribution in [2.75, 3.05) is 12.4 Å². The maximum Gasteiger partial charge on any atom is 0.270 e. The molecule has 0 aliphatic heterocycles. The number of nitrogens with one attached hydrogen (secondary N) is 1. The minimum absolute atomic E-state index is 0.125. The molecular weight excluding hydrogens is 347 g/mol.